The normalized spacial score (nSPS) is 19.5. The third-order valence-electron chi connectivity index (χ3n) is 4.13. The third-order valence-corrected chi connectivity index (χ3v) is 4.13. The van der Waals surface area contributed by atoms with Crippen LogP contribution in [0.5, 0.6) is 0 Å². The Balaban J connectivity index is 1.55. The second-order valence-electron chi connectivity index (χ2n) is 6.12. The highest BCUT2D eigenvalue weighted by atomic mass is 16.5. The first-order valence-electron chi connectivity index (χ1n) is 7.35. The first-order valence-corrected chi connectivity index (χ1v) is 7.35. The van der Waals surface area contributed by atoms with Crippen LogP contribution in [-0.2, 0) is 16.9 Å². The average Bonchev–Trinajstić information content (AvgIpc) is 2.99. The summed E-state index contributed by atoms with van der Waals surface area (Å²) in [6.07, 6.45) is 7.29. The number of fused-ring (bicyclic) bond motifs is 1. The number of amides is 1. The van der Waals surface area contributed by atoms with Gasteiger partial charge in [-0.15, -0.1) is 12.3 Å². The zero-order chi connectivity index (χ0) is 15.8. The van der Waals surface area contributed by atoms with E-state index in [-0.39, 0.29) is 11.6 Å². The summed E-state index contributed by atoms with van der Waals surface area (Å²) < 4.78 is 5.65. The van der Waals surface area contributed by atoms with Crippen molar-refractivity contribution >= 4 is 5.91 Å². The predicted molar refractivity (Wildman–Crippen MR) is 79.0 cm³/mol. The number of terminal acetylenes is 1. The second kappa shape index (κ2) is 5.21. The van der Waals surface area contributed by atoms with E-state index in [1.54, 1.807) is 0 Å². The summed E-state index contributed by atoms with van der Waals surface area (Å²) in [6.45, 7) is 4.79. The number of aromatic amines is 1. The summed E-state index contributed by atoms with van der Waals surface area (Å²) in [5.41, 5.74) is 1.31. The Labute approximate surface area is 128 Å². The van der Waals surface area contributed by atoms with Crippen molar-refractivity contribution in [3.63, 3.8) is 0 Å². The maximum Gasteiger partial charge on any atom is 0.272 e. The van der Waals surface area contributed by atoms with Gasteiger partial charge in [-0.05, 0) is 13.8 Å². The van der Waals surface area contributed by atoms with Gasteiger partial charge in [-0.2, -0.15) is 15.3 Å². The fourth-order valence-electron chi connectivity index (χ4n) is 2.64. The Morgan fingerprint density at radius 3 is 2.91 bits per heavy atom. The van der Waals surface area contributed by atoms with Crippen LogP contribution in [-0.4, -0.2) is 28.3 Å². The monoisotopic (exact) mass is 301 g/mol. The highest BCUT2D eigenvalue weighted by Gasteiger charge is 2.39. The Morgan fingerprint density at radius 2 is 2.23 bits per heavy atom. The number of carbonyl (C=O) groups excluding carboxylic acids is 1. The minimum Gasteiger partial charge on any atom is -0.364 e. The molecule has 1 aromatic rings. The van der Waals surface area contributed by atoms with Crippen LogP contribution in [0.1, 0.15) is 54.9 Å². The number of nitrogens with zero attached hydrogens (tertiary/aromatic N) is 3. The number of carbonyl (C=O) groups is 1. The van der Waals surface area contributed by atoms with Gasteiger partial charge in [-0.25, -0.2) is 0 Å². The van der Waals surface area contributed by atoms with Crippen LogP contribution in [0.4, 0.5) is 0 Å². The third kappa shape index (κ3) is 2.62. The Kier molecular flexibility index (Phi) is 3.49. The van der Waals surface area contributed by atoms with E-state index < -0.39 is 5.60 Å². The van der Waals surface area contributed by atoms with Gasteiger partial charge in [0, 0.05) is 31.4 Å². The summed E-state index contributed by atoms with van der Waals surface area (Å²) >= 11 is 0. The molecule has 0 bridgehead atoms. The van der Waals surface area contributed by atoms with Crippen molar-refractivity contribution in [2.24, 2.45) is 10.2 Å². The van der Waals surface area contributed by atoms with Crippen molar-refractivity contribution < 1.29 is 9.53 Å². The van der Waals surface area contributed by atoms with Crippen molar-refractivity contribution in [2.75, 3.05) is 6.54 Å². The molecule has 3 rings (SSSR count). The predicted octanol–water partition coefficient (Wildman–Crippen LogP) is 1.87. The van der Waals surface area contributed by atoms with Gasteiger partial charge in [-0.3, -0.25) is 9.89 Å². The molecular formula is C15H19N5O2. The number of nitrogens with one attached hydrogen (secondary N) is 2. The van der Waals surface area contributed by atoms with E-state index >= 15 is 0 Å². The van der Waals surface area contributed by atoms with Crippen molar-refractivity contribution in [3.8, 4) is 12.3 Å². The first kappa shape index (κ1) is 14.7. The van der Waals surface area contributed by atoms with Crippen LogP contribution in [0.2, 0.25) is 0 Å². The second-order valence-corrected chi connectivity index (χ2v) is 6.12. The van der Waals surface area contributed by atoms with E-state index in [2.05, 4.69) is 31.7 Å². The Hall–Kier alpha value is -2.20. The van der Waals surface area contributed by atoms with E-state index in [0.717, 1.165) is 17.7 Å². The molecule has 3 heterocycles. The summed E-state index contributed by atoms with van der Waals surface area (Å²) in [5.74, 6) is 2.38. The Bertz CT molecular complexity index is 662. The van der Waals surface area contributed by atoms with Gasteiger partial charge >= 0.3 is 0 Å². The molecule has 0 aliphatic carbocycles. The number of hydrogen-bond acceptors (Lipinski definition) is 5. The molecule has 0 saturated carbocycles. The molecule has 0 atom stereocenters. The average molecular weight is 301 g/mol. The number of hydrogen-bond donors (Lipinski definition) is 2. The van der Waals surface area contributed by atoms with Gasteiger partial charge in [0.15, 0.2) is 11.4 Å². The topological polar surface area (TPSA) is 91.7 Å². The molecular weight excluding hydrogens is 282 g/mol. The molecule has 2 N–H and O–H groups in total. The molecule has 116 valence electrons. The lowest BCUT2D eigenvalue weighted by Gasteiger charge is -2.15. The summed E-state index contributed by atoms with van der Waals surface area (Å²) in [4.78, 5) is 12.3. The maximum atomic E-state index is 12.3. The van der Waals surface area contributed by atoms with Crippen LogP contribution in [0.15, 0.2) is 10.2 Å². The molecule has 1 amide bonds. The summed E-state index contributed by atoms with van der Waals surface area (Å²) in [6, 6.07) is 0. The number of H-pyrrole nitrogens is 1. The largest absolute Gasteiger partial charge is 0.364 e. The van der Waals surface area contributed by atoms with Crippen molar-refractivity contribution in [2.45, 2.75) is 51.0 Å². The molecule has 2 aliphatic rings. The van der Waals surface area contributed by atoms with Crippen molar-refractivity contribution in [3.05, 3.63) is 17.0 Å². The highest BCUT2D eigenvalue weighted by molar-refractivity contribution is 5.94. The summed E-state index contributed by atoms with van der Waals surface area (Å²) in [7, 11) is 0. The molecule has 0 radical (unpaired) electrons. The lowest BCUT2D eigenvalue weighted by atomic mass is 10.0. The van der Waals surface area contributed by atoms with Gasteiger partial charge in [-0.1, -0.05) is 0 Å². The molecule has 0 saturated heterocycles. The lowest BCUT2D eigenvalue weighted by molar-refractivity contribution is -0.0114. The molecule has 2 aliphatic heterocycles. The number of rotatable bonds is 6. The number of aromatic nitrogens is 2. The van der Waals surface area contributed by atoms with E-state index in [1.807, 2.05) is 13.8 Å². The van der Waals surface area contributed by atoms with E-state index in [4.69, 9.17) is 11.2 Å². The quantitative estimate of drug-likeness (QED) is 0.786. The smallest absolute Gasteiger partial charge is 0.272 e. The van der Waals surface area contributed by atoms with Gasteiger partial charge in [0.2, 0.25) is 0 Å². The minimum absolute atomic E-state index is 0.202. The fourth-order valence-corrected chi connectivity index (χ4v) is 2.64. The van der Waals surface area contributed by atoms with Gasteiger partial charge < -0.3 is 10.1 Å². The molecule has 0 fully saturated rings. The van der Waals surface area contributed by atoms with E-state index in [0.29, 0.717) is 31.7 Å². The van der Waals surface area contributed by atoms with Crippen LogP contribution in [0.3, 0.4) is 0 Å². The van der Waals surface area contributed by atoms with Crippen molar-refractivity contribution in [1.29, 1.82) is 0 Å². The van der Waals surface area contributed by atoms with Gasteiger partial charge in [0.25, 0.3) is 5.91 Å². The lowest BCUT2D eigenvalue weighted by Crippen LogP contribution is -2.29. The standard InChI is InChI=1S/C15H19N5O2/c1-4-5-6-15(19-20-15)7-8-16-13(21)11-10-9-22-14(2,3)12(10)18-17-11/h1H,5-9H2,2-3H3,(H,16,21)(H,17,18). The SMILES string of the molecule is C#CCCC1(CCNC(=O)c2n[nH]c3c2COC3(C)C)N=N1. The number of ether oxygens (including phenoxy) is 1. The zero-order valence-electron chi connectivity index (χ0n) is 12.8. The van der Waals surface area contributed by atoms with E-state index in [9.17, 15) is 4.79 Å². The molecule has 0 spiro atoms. The van der Waals surface area contributed by atoms with Crippen LogP contribution < -0.4 is 5.32 Å². The molecule has 0 unspecified atom stereocenters. The summed E-state index contributed by atoms with van der Waals surface area (Å²) in [5, 5.41) is 18.0. The zero-order valence-corrected chi connectivity index (χ0v) is 12.8. The fraction of sp³-hybridized carbons (Fsp3) is 0.600. The van der Waals surface area contributed by atoms with Gasteiger partial charge in [0.1, 0.15) is 5.60 Å². The molecule has 22 heavy (non-hydrogen) atoms. The van der Waals surface area contributed by atoms with Crippen LogP contribution >= 0.6 is 0 Å². The molecule has 7 nitrogen and oxygen atoms in total. The first-order chi connectivity index (χ1) is 10.5. The van der Waals surface area contributed by atoms with Gasteiger partial charge in [0.05, 0.1) is 12.3 Å². The van der Waals surface area contributed by atoms with Crippen LogP contribution in [0.25, 0.3) is 0 Å². The Morgan fingerprint density at radius 1 is 1.45 bits per heavy atom. The van der Waals surface area contributed by atoms with E-state index in [1.165, 1.54) is 0 Å². The maximum absolute atomic E-state index is 12.3. The minimum atomic E-state index is -0.425. The van der Waals surface area contributed by atoms with Crippen molar-refractivity contribution in [1.82, 2.24) is 15.5 Å². The highest BCUT2D eigenvalue weighted by Crippen LogP contribution is 2.37. The molecule has 1 aromatic heterocycles. The molecule has 7 heteroatoms. The molecule has 0 aromatic carbocycles. The van der Waals surface area contributed by atoms with Crippen LogP contribution in [0, 0.1) is 12.3 Å².